The zero-order valence-electron chi connectivity index (χ0n) is 11.6. The number of hydrogen-bond acceptors (Lipinski definition) is 6. The molecule has 114 valence electrons. The molecule has 0 unspecified atom stereocenters. The molecule has 0 aliphatic heterocycles. The van der Waals surface area contributed by atoms with Gasteiger partial charge in [-0.05, 0) is 5.92 Å². The van der Waals surface area contributed by atoms with E-state index in [1.807, 2.05) is 0 Å². The van der Waals surface area contributed by atoms with Crippen molar-refractivity contribution < 1.29 is 19.2 Å². The maximum absolute atomic E-state index is 12.1. The number of nitrogens with one attached hydrogen (secondary N) is 1. The number of rotatable bonds is 5. The average Bonchev–Trinajstić information content (AvgIpc) is 2.43. The van der Waals surface area contributed by atoms with Crippen LogP contribution in [0.5, 0.6) is 0 Å². The molecule has 0 saturated carbocycles. The van der Waals surface area contributed by atoms with Crippen LogP contribution < -0.4 is 5.32 Å². The van der Waals surface area contributed by atoms with Crippen molar-refractivity contribution in [3.63, 3.8) is 0 Å². The summed E-state index contributed by atoms with van der Waals surface area (Å²) in [5, 5.41) is 12.9. The quantitative estimate of drug-likeness (QED) is 0.382. The van der Waals surface area contributed by atoms with Gasteiger partial charge < -0.3 is 10.1 Å². The number of nitrogens with zero attached hydrogens (tertiary/aromatic N) is 2. The zero-order chi connectivity index (χ0) is 16.2. The molecular weight excluding hydrogens is 302 g/mol. The lowest BCUT2D eigenvalue weighted by Crippen LogP contribution is -2.45. The van der Waals surface area contributed by atoms with Crippen LogP contribution in [0.15, 0.2) is 12.3 Å². The van der Waals surface area contributed by atoms with Crippen LogP contribution >= 0.6 is 11.6 Å². The molecule has 0 spiro atoms. The van der Waals surface area contributed by atoms with Crippen LogP contribution in [0.3, 0.4) is 0 Å². The minimum Gasteiger partial charge on any atom is -0.467 e. The van der Waals surface area contributed by atoms with Crippen LogP contribution in [0, 0.1) is 16.0 Å². The minimum atomic E-state index is -0.891. The van der Waals surface area contributed by atoms with Gasteiger partial charge in [0.1, 0.15) is 17.4 Å². The molecule has 1 aromatic rings. The highest BCUT2D eigenvalue weighted by molar-refractivity contribution is 6.32. The lowest BCUT2D eigenvalue weighted by Gasteiger charge is -2.19. The molecule has 0 aliphatic rings. The van der Waals surface area contributed by atoms with Gasteiger partial charge in [-0.25, -0.2) is 9.78 Å². The summed E-state index contributed by atoms with van der Waals surface area (Å²) in [6, 6.07) is 0.108. The number of ether oxygens (including phenoxy) is 1. The Morgan fingerprint density at radius 3 is 2.57 bits per heavy atom. The first-order valence-corrected chi connectivity index (χ1v) is 6.34. The number of hydrogen-bond donors (Lipinski definition) is 1. The van der Waals surface area contributed by atoms with Crippen molar-refractivity contribution in [2.75, 3.05) is 7.11 Å². The fourth-order valence-corrected chi connectivity index (χ4v) is 1.73. The number of aromatic nitrogens is 1. The van der Waals surface area contributed by atoms with E-state index in [4.69, 9.17) is 11.6 Å². The van der Waals surface area contributed by atoms with E-state index in [2.05, 4.69) is 15.0 Å². The molecule has 1 atom stereocenters. The van der Waals surface area contributed by atoms with Gasteiger partial charge in [-0.1, -0.05) is 25.4 Å². The zero-order valence-corrected chi connectivity index (χ0v) is 12.4. The van der Waals surface area contributed by atoms with Crippen molar-refractivity contribution in [2.24, 2.45) is 5.92 Å². The third-order valence-electron chi connectivity index (χ3n) is 2.69. The third kappa shape index (κ3) is 4.12. The van der Waals surface area contributed by atoms with E-state index in [1.165, 1.54) is 7.11 Å². The van der Waals surface area contributed by atoms with Gasteiger partial charge >= 0.3 is 5.97 Å². The number of pyridine rings is 1. The topological polar surface area (TPSA) is 111 Å². The van der Waals surface area contributed by atoms with E-state index < -0.39 is 22.8 Å². The molecule has 0 saturated heterocycles. The number of esters is 1. The van der Waals surface area contributed by atoms with Crippen LogP contribution in [0.25, 0.3) is 0 Å². The summed E-state index contributed by atoms with van der Waals surface area (Å²) in [6.45, 7) is 3.43. The Morgan fingerprint density at radius 1 is 1.48 bits per heavy atom. The van der Waals surface area contributed by atoms with Crippen LogP contribution in [0.1, 0.15) is 24.2 Å². The molecule has 1 amide bonds. The molecule has 0 aliphatic carbocycles. The van der Waals surface area contributed by atoms with Crippen molar-refractivity contribution in [1.29, 1.82) is 0 Å². The normalized spacial score (nSPS) is 11.9. The molecule has 0 bridgehead atoms. The summed E-state index contributed by atoms with van der Waals surface area (Å²) in [5.41, 5.74) is -0.552. The van der Waals surface area contributed by atoms with E-state index >= 15 is 0 Å². The van der Waals surface area contributed by atoms with Gasteiger partial charge in [-0.15, -0.1) is 0 Å². The number of carbonyl (C=O) groups is 2. The average molecular weight is 316 g/mol. The molecular formula is C12H14ClN3O5. The highest BCUT2D eigenvalue weighted by Gasteiger charge is 2.27. The highest BCUT2D eigenvalue weighted by atomic mass is 35.5. The number of amides is 1. The van der Waals surface area contributed by atoms with Gasteiger partial charge in [-0.2, -0.15) is 0 Å². The summed E-state index contributed by atoms with van der Waals surface area (Å²) >= 11 is 5.76. The summed E-state index contributed by atoms with van der Waals surface area (Å²) in [7, 11) is 1.20. The summed E-state index contributed by atoms with van der Waals surface area (Å²) < 4.78 is 4.59. The van der Waals surface area contributed by atoms with Gasteiger partial charge in [0.05, 0.1) is 17.6 Å². The van der Waals surface area contributed by atoms with Gasteiger partial charge in [0.25, 0.3) is 11.6 Å². The fraction of sp³-hybridized carbons (Fsp3) is 0.417. The van der Waals surface area contributed by atoms with Crippen LogP contribution in [-0.4, -0.2) is 34.9 Å². The van der Waals surface area contributed by atoms with Crippen molar-refractivity contribution in [3.8, 4) is 0 Å². The molecule has 1 aromatic heterocycles. The van der Waals surface area contributed by atoms with E-state index in [1.54, 1.807) is 13.8 Å². The number of methoxy groups -OCH3 is 1. The largest absolute Gasteiger partial charge is 0.467 e. The molecule has 8 nitrogen and oxygen atoms in total. The maximum Gasteiger partial charge on any atom is 0.328 e. The first-order valence-electron chi connectivity index (χ1n) is 5.96. The maximum atomic E-state index is 12.1. The fourth-order valence-electron chi connectivity index (χ4n) is 1.54. The number of carbonyl (C=O) groups excluding carboxylic acids is 2. The second kappa shape index (κ2) is 6.98. The Kier molecular flexibility index (Phi) is 5.60. The summed E-state index contributed by atoms with van der Waals surface area (Å²) in [6.07, 6.45) is 0.944. The van der Waals surface area contributed by atoms with Crippen LogP contribution in [0.4, 0.5) is 5.69 Å². The van der Waals surface area contributed by atoms with Crippen LogP contribution in [0.2, 0.25) is 5.15 Å². The predicted octanol–water partition coefficient (Wildman–Crippen LogP) is 1.57. The number of halogens is 1. The van der Waals surface area contributed by atoms with Gasteiger partial charge in [0.2, 0.25) is 0 Å². The van der Waals surface area contributed by atoms with Crippen molar-refractivity contribution >= 4 is 29.2 Å². The molecule has 0 aromatic carbocycles. The molecule has 0 radical (unpaired) electrons. The molecule has 9 heteroatoms. The van der Waals surface area contributed by atoms with Gasteiger partial charge in [-0.3, -0.25) is 14.9 Å². The molecule has 0 fully saturated rings. The Labute approximate surface area is 125 Å². The van der Waals surface area contributed by atoms with Crippen molar-refractivity contribution in [2.45, 2.75) is 19.9 Å². The molecule has 1 rings (SSSR count). The Morgan fingerprint density at radius 2 is 2.10 bits per heavy atom. The van der Waals surface area contributed by atoms with Crippen LogP contribution in [-0.2, 0) is 9.53 Å². The standard InChI is InChI=1S/C12H14ClN3O5/c1-6(2)9(12(18)21-3)15-11(17)8-4-7(16(19)20)5-14-10(8)13/h4-6,9H,1-3H3,(H,15,17)/t9-/m0/s1. The lowest BCUT2D eigenvalue weighted by molar-refractivity contribution is -0.385. The Bertz CT molecular complexity index is 576. The summed E-state index contributed by atoms with van der Waals surface area (Å²) in [4.78, 5) is 37.3. The predicted molar refractivity (Wildman–Crippen MR) is 74.0 cm³/mol. The van der Waals surface area contributed by atoms with E-state index in [0.29, 0.717) is 0 Å². The molecule has 21 heavy (non-hydrogen) atoms. The highest BCUT2D eigenvalue weighted by Crippen LogP contribution is 2.19. The Balaban J connectivity index is 3.05. The second-order valence-corrected chi connectivity index (χ2v) is 4.87. The van der Waals surface area contributed by atoms with Crippen molar-refractivity contribution in [3.05, 3.63) is 33.1 Å². The molecule has 1 heterocycles. The first kappa shape index (κ1) is 16.8. The van der Waals surface area contributed by atoms with E-state index in [-0.39, 0.29) is 22.3 Å². The van der Waals surface area contributed by atoms with Crippen molar-refractivity contribution in [1.82, 2.24) is 10.3 Å². The second-order valence-electron chi connectivity index (χ2n) is 4.51. The van der Waals surface area contributed by atoms with E-state index in [9.17, 15) is 19.7 Å². The lowest BCUT2D eigenvalue weighted by atomic mass is 10.0. The SMILES string of the molecule is COC(=O)[C@@H](NC(=O)c1cc([N+](=O)[O-])cnc1Cl)C(C)C. The minimum absolute atomic E-state index is 0.180. The van der Waals surface area contributed by atoms with Gasteiger partial charge in [0.15, 0.2) is 0 Å². The van der Waals surface area contributed by atoms with E-state index in [0.717, 1.165) is 12.3 Å². The third-order valence-corrected chi connectivity index (χ3v) is 2.99. The Hall–Kier alpha value is -2.22. The summed E-state index contributed by atoms with van der Waals surface area (Å²) in [5.74, 6) is -1.58. The number of nitro groups is 1. The molecule has 1 N–H and O–H groups in total. The smallest absolute Gasteiger partial charge is 0.328 e. The first-order chi connectivity index (χ1) is 9.77. The van der Waals surface area contributed by atoms with Gasteiger partial charge in [0, 0.05) is 6.07 Å². The monoisotopic (exact) mass is 315 g/mol.